The van der Waals surface area contributed by atoms with E-state index in [2.05, 4.69) is 28.6 Å². The van der Waals surface area contributed by atoms with Crippen LogP contribution in [0.25, 0.3) is 0 Å². The van der Waals surface area contributed by atoms with Gasteiger partial charge in [0.05, 0.1) is 7.11 Å². The molecule has 2 N–H and O–H groups in total. The van der Waals surface area contributed by atoms with Crippen molar-refractivity contribution in [3.63, 3.8) is 0 Å². The molecule has 0 atom stereocenters. The van der Waals surface area contributed by atoms with Crippen molar-refractivity contribution in [2.24, 2.45) is 10.9 Å². The Kier molecular flexibility index (Phi) is 8.60. The number of benzene rings is 1. The summed E-state index contributed by atoms with van der Waals surface area (Å²) < 4.78 is 5.25. The first-order valence-corrected chi connectivity index (χ1v) is 7.81. The number of nitrogens with one attached hydrogen (secondary N) is 2. The fourth-order valence-electron chi connectivity index (χ4n) is 2.76. The van der Waals surface area contributed by atoms with Crippen molar-refractivity contribution in [2.75, 3.05) is 14.2 Å². The Morgan fingerprint density at radius 3 is 2.64 bits per heavy atom. The highest BCUT2D eigenvalue weighted by atomic mass is 127. The van der Waals surface area contributed by atoms with Crippen LogP contribution in [0, 0.1) is 5.92 Å². The molecular formula is C17H28IN3O. The third-order valence-corrected chi connectivity index (χ3v) is 4.17. The van der Waals surface area contributed by atoms with Gasteiger partial charge in [-0.3, -0.25) is 4.99 Å². The van der Waals surface area contributed by atoms with E-state index in [4.69, 9.17) is 4.74 Å². The maximum absolute atomic E-state index is 5.25. The van der Waals surface area contributed by atoms with Gasteiger partial charge in [0.25, 0.3) is 0 Å². The SMILES string of the molecule is CN=C(NCc1cccc(OC)c1)NC1CCC(C)CC1.I. The highest BCUT2D eigenvalue weighted by molar-refractivity contribution is 14.0. The Labute approximate surface area is 151 Å². The van der Waals surface area contributed by atoms with E-state index >= 15 is 0 Å². The van der Waals surface area contributed by atoms with Crippen molar-refractivity contribution in [3.8, 4) is 5.75 Å². The van der Waals surface area contributed by atoms with Crippen LogP contribution in [0.3, 0.4) is 0 Å². The van der Waals surface area contributed by atoms with Crippen molar-refractivity contribution in [1.82, 2.24) is 10.6 Å². The molecule has 2 rings (SSSR count). The molecule has 0 aromatic heterocycles. The van der Waals surface area contributed by atoms with Gasteiger partial charge in [0.15, 0.2) is 5.96 Å². The smallest absolute Gasteiger partial charge is 0.191 e. The molecule has 1 aromatic rings. The van der Waals surface area contributed by atoms with E-state index in [-0.39, 0.29) is 24.0 Å². The standard InChI is InChI=1S/C17H27N3O.HI/c1-13-7-9-15(10-8-13)20-17(18-2)19-12-14-5-4-6-16(11-14)21-3;/h4-6,11,13,15H,7-10,12H2,1-3H3,(H2,18,19,20);1H. The Morgan fingerprint density at radius 2 is 2.00 bits per heavy atom. The molecule has 1 aromatic carbocycles. The molecule has 0 bridgehead atoms. The average Bonchev–Trinajstić information content (AvgIpc) is 2.53. The second kappa shape index (κ2) is 9.92. The van der Waals surface area contributed by atoms with Gasteiger partial charge in [0.2, 0.25) is 0 Å². The van der Waals surface area contributed by atoms with E-state index in [1.165, 1.54) is 31.2 Å². The van der Waals surface area contributed by atoms with Gasteiger partial charge in [0.1, 0.15) is 5.75 Å². The molecule has 1 saturated carbocycles. The number of nitrogens with zero attached hydrogens (tertiary/aromatic N) is 1. The Hall–Kier alpha value is -0.980. The van der Waals surface area contributed by atoms with Gasteiger partial charge < -0.3 is 15.4 Å². The van der Waals surface area contributed by atoms with Crippen molar-refractivity contribution in [3.05, 3.63) is 29.8 Å². The fraction of sp³-hybridized carbons (Fsp3) is 0.588. The first-order chi connectivity index (χ1) is 10.2. The molecule has 0 heterocycles. The predicted molar refractivity (Wildman–Crippen MR) is 103 cm³/mol. The van der Waals surface area contributed by atoms with Crippen LogP contribution in [-0.2, 0) is 6.54 Å². The third-order valence-electron chi connectivity index (χ3n) is 4.17. The number of halogens is 1. The van der Waals surface area contributed by atoms with Crippen LogP contribution in [0.1, 0.15) is 38.2 Å². The fourth-order valence-corrected chi connectivity index (χ4v) is 2.76. The van der Waals surface area contributed by atoms with Crippen molar-refractivity contribution in [1.29, 1.82) is 0 Å². The molecule has 1 aliphatic rings. The van der Waals surface area contributed by atoms with Crippen molar-refractivity contribution < 1.29 is 4.74 Å². The van der Waals surface area contributed by atoms with Crippen molar-refractivity contribution >= 4 is 29.9 Å². The number of hydrogen-bond acceptors (Lipinski definition) is 2. The van der Waals surface area contributed by atoms with Gasteiger partial charge in [-0.1, -0.05) is 19.1 Å². The molecule has 0 amide bonds. The number of aliphatic imine (C=N–C) groups is 1. The second-order valence-corrected chi connectivity index (χ2v) is 5.88. The average molecular weight is 417 g/mol. The van der Waals surface area contributed by atoms with Crippen LogP contribution in [-0.4, -0.2) is 26.2 Å². The van der Waals surface area contributed by atoms with Gasteiger partial charge in [-0.15, -0.1) is 24.0 Å². The molecular weight excluding hydrogens is 389 g/mol. The van der Waals surface area contributed by atoms with E-state index in [0.717, 1.165) is 24.2 Å². The van der Waals surface area contributed by atoms with Gasteiger partial charge in [-0.2, -0.15) is 0 Å². The number of hydrogen-bond donors (Lipinski definition) is 2. The lowest BCUT2D eigenvalue weighted by molar-refractivity contribution is 0.329. The molecule has 124 valence electrons. The first-order valence-electron chi connectivity index (χ1n) is 7.81. The molecule has 4 nitrogen and oxygen atoms in total. The minimum Gasteiger partial charge on any atom is -0.497 e. The maximum Gasteiger partial charge on any atom is 0.191 e. The minimum absolute atomic E-state index is 0. The molecule has 22 heavy (non-hydrogen) atoms. The summed E-state index contributed by atoms with van der Waals surface area (Å²) >= 11 is 0. The van der Waals surface area contributed by atoms with E-state index < -0.39 is 0 Å². The number of ether oxygens (including phenoxy) is 1. The largest absolute Gasteiger partial charge is 0.497 e. The molecule has 0 unspecified atom stereocenters. The van der Waals surface area contributed by atoms with Gasteiger partial charge >= 0.3 is 0 Å². The summed E-state index contributed by atoms with van der Waals surface area (Å²) in [6, 6.07) is 8.65. The first kappa shape index (κ1) is 19.1. The normalized spacial score (nSPS) is 21.7. The van der Waals surface area contributed by atoms with Crippen LogP contribution in [0.2, 0.25) is 0 Å². The minimum atomic E-state index is 0. The molecule has 5 heteroatoms. The Bertz CT molecular complexity index is 471. The monoisotopic (exact) mass is 417 g/mol. The summed E-state index contributed by atoms with van der Waals surface area (Å²) in [7, 11) is 3.52. The third kappa shape index (κ3) is 6.02. The molecule has 0 spiro atoms. The number of methoxy groups -OCH3 is 1. The molecule has 0 radical (unpaired) electrons. The van der Waals surface area contributed by atoms with Gasteiger partial charge in [0, 0.05) is 19.6 Å². The zero-order valence-electron chi connectivity index (χ0n) is 13.8. The summed E-state index contributed by atoms with van der Waals surface area (Å²) in [6.45, 7) is 3.09. The van der Waals surface area contributed by atoms with Crippen LogP contribution in [0.5, 0.6) is 5.75 Å². The second-order valence-electron chi connectivity index (χ2n) is 5.88. The number of guanidine groups is 1. The summed E-state index contributed by atoms with van der Waals surface area (Å²) in [6.07, 6.45) is 5.09. The van der Waals surface area contributed by atoms with E-state index in [1.54, 1.807) is 7.11 Å². The Morgan fingerprint density at radius 1 is 1.27 bits per heavy atom. The zero-order chi connectivity index (χ0) is 15.1. The lowest BCUT2D eigenvalue weighted by Crippen LogP contribution is -2.44. The molecule has 0 aliphatic heterocycles. The molecule has 1 fully saturated rings. The zero-order valence-corrected chi connectivity index (χ0v) is 16.1. The van der Waals surface area contributed by atoms with Crippen molar-refractivity contribution in [2.45, 2.75) is 45.2 Å². The summed E-state index contributed by atoms with van der Waals surface area (Å²) in [5, 5.41) is 6.91. The highest BCUT2D eigenvalue weighted by Gasteiger charge is 2.18. The summed E-state index contributed by atoms with van der Waals surface area (Å²) in [4.78, 5) is 4.32. The van der Waals surface area contributed by atoms with Gasteiger partial charge in [-0.25, -0.2) is 0 Å². The van der Waals surface area contributed by atoms with Crippen LogP contribution < -0.4 is 15.4 Å². The molecule has 1 aliphatic carbocycles. The van der Waals surface area contributed by atoms with Crippen LogP contribution in [0.4, 0.5) is 0 Å². The van der Waals surface area contributed by atoms with E-state index in [9.17, 15) is 0 Å². The lowest BCUT2D eigenvalue weighted by Gasteiger charge is -2.28. The topological polar surface area (TPSA) is 45.7 Å². The maximum atomic E-state index is 5.25. The predicted octanol–water partition coefficient (Wildman–Crippen LogP) is 3.56. The summed E-state index contributed by atoms with van der Waals surface area (Å²) in [5.41, 5.74) is 1.19. The lowest BCUT2D eigenvalue weighted by atomic mass is 9.87. The highest BCUT2D eigenvalue weighted by Crippen LogP contribution is 2.23. The molecule has 0 saturated heterocycles. The van der Waals surface area contributed by atoms with E-state index in [1.807, 2.05) is 25.2 Å². The number of rotatable bonds is 4. The van der Waals surface area contributed by atoms with Gasteiger partial charge in [-0.05, 0) is 49.3 Å². The quantitative estimate of drug-likeness (QED) is 0.448. The van der Waals surface area contributed by atoms with Crippen LogP contribution >= 0.6 is 24.0 Å². The van der Waals surface area contributed by atoms with E-state index in [0.29, 0.717) is 6.04 Å². The Balaban J connectivity index is 0.00000242. The van der Waals surface area contributed by atoms with Crippen LogP contribution in [0.15, 0.2) is 29.3 Å². The summed E-state index contributed by atoms with van der Waals surface area (Å²) in [5.74, 6) is 2.64.